The normalized spacial score (nSPS) is 16.2. The Hall–Kier alpha value is -2.90. The summed E-state index contributed by atoms with van der Waals surface area (Å²) in [7, 11) is 0. The van der Waals surface area contributed by atoms with Crippen LogP contribution in [0.25, 0.3) is 11.0 Å². The van der Waals surface area contributed by atoms with Crippen LogP contribution >= 0.6 is 0 Å². The summed E-state index contributed by atoms with van der Waals surface area (Å²) in [5, 5.41) is 0. The van der Waals surface area contributed by atoms with Crippen LogP contribution in [0.15, 0.2) is 30.5 Å². The number of nitrogens with zero attached hydrogens (tertiary/aromatic N) is 4. The molecule has 2 aromatic heterocycles. The molecule has 8 heteroatoms. The number of aromatic nitrogens is 3. The van der Waals surface area contributed by atoms with Crippen molar-refractivity contribution in [2.24, 2.45) is 5.92 Å². The first-order valence-corrected chi connectivity index (χ1v) is 10.2. The van der Waals surface area contributed by atoms with Gasteiger partial charge in [-0.1, -0.05) is 19.4 Å². The number of nitrogens with two attached hydrogens (primary N) is 1. The van der Waals surface area contributed by atoms with Gasteiger partial charge in [0.25, 0.3) is 0 Å². The number of nitrogen functional groups attached to an aromatic ring is 1. The van der Waals surface area contributed by atoms with E-state index >= 15 is 0 Å². The highest BCUT2D eigenvalue weighted by molar-refractivity contribution is 5.81. The smallest absolute Gasteiger partial charge is 0.172 e. The van der Waals surface area contributed by atoms with Crippen LogP contribution in [0, 0.1) is 17.6 Å². The van der Waals surface area contributed by atoms with Crippen molar-refractivity contribution in [2.45, 2.75) is 38.8 Å². The summed E-state index contributed by atoms with van der Waals surface area (Å²) in [6.45, 7) is 3.14. The highest BCUT2D eigenvalue weighted by Gasteiger charge is 2.30. The molecule has 1 unspecified atom stereocenters. The second-order valence-electron chi connectivity index (χ2n) is 7.70. The fourth-order valence-corrected chi connectivity index (χ4v) is 4.08. The molecule has 1 saturated heterocycles. The van der Waals surface area contributed by atoms with Crippen LogP contribution in [-0.4, -0.2) is 28.0 Å². The molecule has 0 aliphatic carbocycles. The lowest BCUT2D eigenvalue weighted by atomic mass is 9.88. The van der Waals surface area contributed by atoms with Gasteiger partial charge in [0.1, 0.15) is 23.3 Å². The summed E-state index contributed by atoms with van der Waals surface area (Å²) < 4.78 is 42.0. The number of benzene rings is 1. The zero-order chi connectivity index (χ0) is 21.3. The average Bonchev–Trinajstić information content (AvgIpc) is 2.73. The molecule has 4 rings (SSSR count). The molecule has 158 valence electrons. The molecule has 1 atom stereocenters. The van der Waals surface area contributed by atoms with Gasteiger partial charge in [-0.05, 0) is 37.3 Å². The van der Waals surface area contributed by atoms with Gasteiger partial charge >= 0.3 is 0 Å². The van der Waals surface area contributed by atoms with Gasteiger partial charge in [0.2, 0.25) is 0 Å². The molecule has 1 aromatic carbocycles. The average molecular weight is 415 g/mol. The summed E-state index contributed by atoms with van der Waals surface area (Å²) in [6.07, 6.45) is 2.98. The van der Waals surface area contributed by atoms with Gasteiger partial charge in [-0.3, -0.25) is 4.98 Å². The molecule has 1 aliphatic rings. The topological polar surface area (TPSA) is 67.9 Å². The van der Waals surface area contributed by atoms with E-state index in [4.69, 9.17) is 10.7 Å². The largest absolute Gasteiger partial charge is 0.381 e. The number of aryl methyl sites for hydroxylation is 1. The lowest BCUT2D eigenvalue weighted by Gasteiger charge is -2.34. The minimum Gasteiger partial charge on any atom is -0.381 e. The molecule has 2 N–H and O–H groups in total. The van der Waals surface area contributed by atoms with Crippen LogP contribution in [0.5, 0.6) is 0 Å². The van der Waals surface area contributed by atoms with E-state index in [1.807, 2.05) is 4.90 Å². The summed E-state index contributed by atoms with van der Waals surface area (Å²) in [5.41, 5.74) is 8.41. The lowest BCUT2D eigenvalue weighted by molar-refractivity contribution is 0.193. The second kappa shape index (κ2) is 8.45. The molecule has 0 bridgehead atoms. The predicted molar refractivity (Wildman–Crippen MR) is 111 cm³/mol. The first kappa shape index (κ1) is 20.4. The van der Waals surface area contributed by atoms with E-state index in [0.717, 1.165) is 36.2 Å². The van der Waals surface area contributed by atoms with Gasteiger partial charge in [0.15, 0.2) is 11.6 Å². The Kier molecular flexibility index (Phi) is 5.74. The van der Waals surface area contributed by atoms with Crippen molar-refractivity contribution in [1.29, 1.82) is 0 Å². The molecular formula is C22H24F3N5. The minimum atomic E-state index is -1.48. The molecule has 0 amide bonds. The third-order valence-electron chi connectivity index (χ3n) is 5.67. The number of rotatable bonds is 5. The van der Waals surface area contributed by atoms with Crippen molar-refractivity contribution >= 4 is 22.7 Å². The summed E-state index contributed by atoms with van der Waals surface area (Å²) in [6, 6.07) is 4.80. The number of hydrogen-bond acceptors (Lipinski definition) is 5. The minimum absolute atomic E-state index is 0.0878. The molecule has 30 heavy (non-hydrogen) atoms. The molecule has 3 aromatic rings. The molecule has 5 nitrogen and oxygen atoms in total. The lowest BCUT2D eigenvalue weighted by Crippen LogP contribution is -2.36. The molecular weight excluding hydrogens is 391 g/mol. The van der Waals surface area contributed by atoms with Crippen LogP contribution < -0.4 is 10.6 Å². The van der Waals surface area contributed by atoms with Gasteiger partial charge in [-0.15, -0.1) is 0 Å². The Labute approximate surface area is 173 Å². The number of alkyl halides is 1. The number of hydrogen-bond donors (Lipinski definition) is 1. The van der Waals surface area contributed by atoms with Crippen LogP contribution in [-0.2, 0) is 6.42 Å². The van der Waals surface area contributed by atoms with E-state index < -0.39 is 17.8 Å². The van der Waals surface area contributed by atoms with Crippen molar-refractivity contribution in [3.05, 3.63) is 53.4 Å². The number of pyridine rings is 1. The maximum atomic E-state index is 14.9. The first-order valence-electron chi connectivity index (χ1n) is 10.2. The van der Waals surface area contributed by atoms with E-state index in [1.165, 1.54) is 6.07 Å². The highest BCUT2D eigenvalue weighted by atomic mass is 19.1. The SMILES string of the molecule is CCCc1nccc2nc(N)c(N3CCC(C(F)c4ccc(F)cc4F)CC3)nc12. The molecule has 1 aliphatic heterocycles. The third kappa shape index (κ3) is 3.91. The van der Waals surface area contributed by atoms with Crippen molar-refractivity contribution < 1.29 is 13.2 Å². The molecule has 0 saturated carbocycles. The standard InChI is InChI=1S/C22H24F3N5/c1-2-3-17-20-18(6-9-27-17)28-21(26)22(29-20)30-10-7-13(8-11-30)19(25)15-5-4-14(23)12-16(15)24/h4-6,9,12-13,19H,2-3,7-8,10-11H2,1H3,(H2,26,28). The van der Waals surface area contributed by atoms with Crippen LogP contribution in [0.2, 0.25) is 0 Å². The first-order chi connectivity index (χ1) is 14.5. The van der Waals surface area contributed by atoms with E-state index in [0.29, 0.717) is 43.1 Å². The fraction of sp³-hybridized carbons (Fsp3) is 0.409. The monoisotopic (exact) mass is 415 g/mol. The summed E-state index contributed by atoms with van der Waals surface area (Å²) >= 11 is 0. The van der Waals surface area contributed by atoms with Gasteiger partial charge in [-0.2, -0.15) is 0 Å². The van der Waals surface area contributed by atoms with Crippen molar-refractivity contribution in [2.75, 3.05) is 23.7 Å². The number of halogens is 3. The van der Waals surface area contributed by atoms with E-state index in [2.05, 4.69) is 16.9 Å². The zero-order valence-corrected chi connectivity index (χ0v) is 16.8. The van der Waals surface area contributed by atoms with E-state index in [-0.39, 0.29) is 11.5 Å². The summed E-state index contributed by atoms with van der Waals surface area (Å²) in [5.74, 6) is -0.995. The Morgan fingerprint density at radius 3 is 2.63 bits per heavy atom. The zero-order valence-electron chi connectivity index (χ0n) is 16.8. The Bertz CT molecular complexity index is 1050. The van der Waals surface area contributed by atoms with E-state index in [1.54, 1.807) is 12.3 Å². The van der Waals surface area contributed by atoms with Crippen LogP contribution in [0.3, 0.4) is 0 Å². The second-order valence-corrected chi connectivity index (χ2v) is 7.70. The number of piperidine rings is 1. The summed E-state index contributed by atoms with van der Waals surface area (Å²) in [4.78, 5) is 15.7. The van der Waals surface area contributed by atoms with Crippen LogP contribution in [0.1, 0.15) is 43.6 Å². The maximum absolute atomic E-state index is 14.9. The van der Waals surface area contributed by atoms with Gasteiger partial charge in [0.05, 0.1) is 11.2 Å². The fourth-order valence-electron chi connectivity index (χ4n) is 4.08. The Balaban J connectivity index is 1.53. The molecule has 1 fully saturated rings. The predicted octanol–water partition coefficient (Wildman–Crippen LogP) is 4.76. The van der Waals surface area contributed by atoms with Gasteiger partial charge < -0.3 is 10.6 Å². The highest BCUT2D eigenvalue weighted by Crippen LogP contribution is 2.37. The molecule has 0 spiro atoms. The van der Waals surface area contributed by atoms with Crippen molar-refractivity contribution in [3.63, 3.8) is 0 Å². The number of anilines is 2. The van der Waals surface area contributed by atoms with Crippen molar-refractivity contribution in [3.8, 4) is 0 Å². The third-order valence-corrected chi connectivity index (χ3v) is 5.67. The van der Waals surface area contributed by atoms with Gasteiger partial charge in [0, 0.05) is 30.9 Å². The van der Waals surface area contributed by atoms with Gasteiger partial charge in [-0.25, -0.2) is 23.1 Å². The van der Waals surface area contributed by atoms with Crippen LogP contribution in [0.4, 0.5) is 24.8 Å². The molecule has 3 heterocycles. The Morgan fingerprint density at radius 2 is 1.93 bits per heavy atom. The Morgan fingerprint density at radius 1 is 1.17 bits per heavy atom. The maximum Gasteiger partial charge on any atom is 0.172 e. The van der Waals surface area contributed by atoms with Crippen molar-refractivity contribution in [1.82, 2.24) is 15.0 Å². The number of fused-ring (bicyclic) bond motifs is 1. The quantitative estimate of drug-likeness (QED) is 0.650. The molecule has 0 radical (unpaired) electrons. The van der Waals surface area contributed by atoms with E-state index in [9.17, 15) is 13.2 Å².